The van der Waals surface area contributed by atoms with Crippen molar-refractivity contribution in [3.8, 4) is 0 Å². The summed E-state index contributed by atoms with van der Waals surface area (Å²) in [6.45, 7) is 1.57. The Bertz CT molecular complexity index is 576. The molecule has 0 aliphatic rings. The van der Waals surface area contributed by atoms with Gasteiger partial charge in [-0.1, -0.05) is 30.1 Å². The molecule has 108 valence electrons. The van der Waals surface area contributed by atoms with E-state index in [1.807, 2.05) is 0 Å². The summed E-state index contributed by atoms with van der Waals surface area (Å²) in [4.78, 5) is 32.7. The van der Waals surface area contributed by atoms with Crippen molar-refractivity contribution in [1.82, 2.24) is 5.32 Å². The molecule has 0 aromatic heterocycles. The van der Waals surface area contributed by atoms with Crippen molar-refractivity contribution in [3.05, 3.63) is 37.9 Å². The quantitative estimate of drug-likeness (QED) is 0.639. The number of nitrogens with one attached hydrogen (secondary N) is 1. The lowest BCUT2D eigenvalue weighted by molar-refractivity contribution is -0.384. The largest absolute Gasteiger partial charge is 0.480 e. The molecule has 2 N–H and O–H groups in total. The normalized spacial score (nSPS) is 11.8. The van der Waals surface area contributed by atoms with E-state index in [-0.39, 0.29) is 22.0 Å². The van der Waals surface area contributed by atoms with Crippen molar-refractivity contribution in [2.75, 3.05) is 0 Å². The van der Waals surface area contributed by atoms with Crippen LogP contribution in [-0.4, -0.2) is 27.9 Å². The summed E-state index contributed by atoms with van der Waals surface area (Å²) in [6.07, 6.45) is 0.154. The van der Waals surface area contributed by atoms with Crippen LogP contribution in [0.15, 0.2) is 12.1 Å². The predicted octanol–water partition coefficient (Wildman–Crippen LogP) is 2.49. The van der Waals surface area contributed by atoms with Crippen molar-refractivity contribution in [3.63, 3.8) is 0 Å². The van der Waals surface area contributed by atoms with Gasteiger partial charge in [-0.3, -0.25) is 14.9 Å². The highest BCUT2D eigenvalue weighted by molar-refractivity contribution is 6.44. The maximum atomic E-state index is 11.9. The zero-order valence-corrected chi connectivity index (χ0v) is 11.7. The third-order valence-electron chi connectivity index (χ3n) is 2.48. The van der Waals surface area contributed by atoms with Crippen LogP contribution in [0.25, 0.3) is 0 Å². The number of amides is 1. The smallest absolute Gasteiger partial charge is 0.326 e. The number of hydrogen-bond acceptors (Lipinski definition) is 4. The third kappa shape index (κ3) is 3.58. The van der Waals surface area contributed by atoms with Crippen molar-refractivity contribution in [1.29, 1.82) is 0 Å². The Labute approximate surface area is 123 Å². The average molecular weight is 321 g/mol. The van der Waals surface area contributed by atoms with Crippen LogP contribution in [0, 0.1) is 10.1 Å². The van der Waals surface area contributed by atoms with E-state index in [0.29, 0.717) is 0 Å². The first kappa shape index (κ1) is 16.2. The van der Waals surface area contributed by atoms with Crippen LogP contribution in [0.4, 0.5) is 5.69 Å². The SMILES string of the molecule is CC[C@@H](NC(=O)c1cc([N+](=O)[O-])cc(Cl)c1Cl)C(=O)O. The lowest BCUT2D eigenvalue weighted by atomic mass is 10.1. The zero-order valence-electron chi connectivity index (χ0n) is 10.2. The number of nitro groups is 1. The Morgan fingerprint density at radius 1 is 1.45 bits per heavy atom. The Morgan fingerprint density at radius 2 is 2.05 bits per heavy atom. The van der Waals surface area contributed by atoms with Crippen LogP contribution in [0.2, 0.25) is 10.0 Å². The molecule has 0 bridgehead atoms. The van der Waals surface area contributed by atoms with Crippen molar-refractivity contribution < 1.29 is 19.6 Å². The molecule has 0 aliphatic heterocycles. The Kier molecular flexibility index (Phi) is 5.29. The van der Waals surface area contributed by atoms with Crippen molar-refractivity contribution in [2.45, 2.75) is 19.4 Å². The van der Waals surface area contributed by atoms with Gasteiger partial charge in [-0.25, -0.2) is 4.79 Å². The maximum Gasteiger partial charge on any atom is 0.326 e. The van der Waals surface area contributed by atoms with Crippen LogP contribution < -0.4 is 5.32 Å². The number of non-ortho nitro benzene ring substituents is 1. The van der Waals surface area contributed by atoms with Gasteiger partial charge in [-0.05, 0) is 6.42 Å². The van der Waals surface area contributed by atoms with Gasteiger partial charge in [0.1, 0.15) is 6.04 Å². The molecule has 1 aromatic carbocycles. The summed E-state index contributed by atoms with van der Waals surface area (Å²) in [6, 6.07) is 0.837. The van der Waals surface area contributed by atoms with Gasteiger partial charge in [-0.15, -0.1) is 0 Å². The fraction of sp³-hybridized carbons (Fsp3) is 0.273. The lowest BCUT2D eigenvalue weighted by Crippen LogP contribution is -2.40. The molecule has 0 radical (unpaired) electrons. The highest BCUT2D eigenvalue weighted by atomic mass is 35.5. The fourth-order valence-corrected chi connectivity index (χ4v) is 1.83. The number of aliphatic carboxylic acids is 1. The minimum Gasteiger partial charge on any atom is -0.480 e. The molecule has 9 heteroatoms. The number of rotatable bonds is 5. The monoisotopic (exact) mass is 320 g/mol. The van der Waals surface area contributed by atoms with Gasteiger partial charge in [0.05, 0.1) is 20.5 Å². The Balaban J connectivity index is 3.15. The number of nitrogens with zero attached hydrogens (tertiary/aromatic N) is 1. The summed E-state index contributed by atoms with van der Waals surface area (Å²) in [5.41, 5.74) is -0.654. The lowest BCUT2D eigenvalue weighted by Gasteiger charge is -2.13. The van der Waals surface area contributed by atoms with E-state index in [1.54, 1.807) is 6.92 Å². The second kappa shape index (κ2) is 6.53. The first-order valence-corrected chi connectivity index (χ1v) is 6.20. The molecule has 0 saturated heterocycles. The van der Waals surface area contributed by atoms with Gasteiger partial charge in [-0.2, -0.15) is 0 Å². The number of carbonyl (C=O) groups is 2. The van der Waals surface area contributed by atoms with Gasteiger partial charge in [0, 0.05) is 12.1 Å². The fourth-order valence-electron chi connectivity index (χ4n) is 1.42. The first-order chi connectivity index (χ1) is 9.27. The number of carboxylic acids is 1. The molecule has 0 aliphatic carbocycles. The number of carboxylic acid groups (broad SMARTS) is 1. The van der Waals surface area contributed by atoms with Crippen LogP contribution in [-0.2, 0) is 4.79 Å². The molecular formula is C11H10Cl2N2O5. The van der Waals surface area contributed by atoms with E-state index in [9.17, 15) is 19.7 Å². The van der Waals surface area contributed by atoms with E-state index in [2.05, 4.69) is 5.32 Å². The molecule has 0 unspecified atom stereocenters. The topological polar surface area (TPSA) is 110 Å². The summed E-state index contributed by atoms with van der Waals surface area (Å²) in [7, 11) is 0. The van der Waals surface area contributed by atoms with Crippen LogP contribution >= 0.6 is 23.2 Å². The van der Waals surface area contributed by atoms with Crippen LogP contribution in [0.3, 0.4) is 0 Å². The van der Waals surface area contributed by atoms with Gasteiger partial charge >= 0.3 is 5.97 Å². The van der Waals surface area contributed by atoms with Crippen LogP contribution in [0.1, 0.15) is 23.7 Å². The van der Waals surface area contributed by atoms with Crippen molar-refractivity contribution in [2.24, 2.45) is 0 Å². The maximum absolute atomic E-state index is 11.9. The van der Waals surface area contributed by atoms with E-state index >= 15 is 0 Å². The van der Waals surface area contributed by atoms with E-state index in [0.717, 1.165) is 12.1 Å². The number of nitro benzene ring substituents is 1. The highest BCUT2D eigenvalue weighted by Gasteiger charge is 2.23. The highest BCUT2D eigenvalue weighted by Crippen LogP contribution is 2.30. The molecule has 0 heterocycles. The molecule has 1 amide bonds. The Hall–Kier alpha value is -1.86. The first-order valence-electron chi connectivity index (χ1n) is 5.45. The molecule has 0 saturated carbocycles. The summed E-state index contributed by atoms with van der Waals surface area (Å²) >= 11 is 11.5. The molecule has 7 nitrogen and oxygen atoms in total. The van der Waals surface area contributed by atoms with Crippen LogP contribution in [0.5, 0.6) is 0 Å². The molecule has 1 aromatic rings. The van der Waals surface area contributed by atoms with Gasteiger partial charge in [0.2, 0.25) is 0 Å². The summed E-state index contributed by atoms with van der Waals surface area (Å²) in [5.74, 6) is -2.05. The zero-order chi connectivity index (χ0) is 15.4. The summed E-state index contributed by atoms with van der Waals surface area (Å²) < 4.78 is 0. The van der Waals surface area contributed by atoms with E-state index < -0.39 is 28.5 Å². The second-order valence-corrected chi connectivity index (χ2v) is 4.60. The van der Waals surface area contributed by atoms with Crippen molar-refractivity contribution >= 4 is 40.8 Å². The average Bonchev–Trinajstić information content (AvgIpc) is 2.37. The molecule has 0 fully saturated rings. The molecule has 0 spiro atoms. The molecular weight excluding hydrogens is 311 g/mol. The third-order valence-corrected chi connectivity index (χ3v) is 3.28. The number of hydrogen-bond donors (Lipinski definition) is 2. The van der Waals surface area contributed by atoms with Gasteiger partial charge < -0.3 is 10.4 Å². The van der Waals surface area contributed by atoms with E-state index in [1.165, 1.54) is 0 Å². The minimum absolute atomic E-state index is 0.154. The molecule has 20 heavy (non-hydrogen) atoms. The van der Waals surface area contributed by atoms with Gasteiger partial charge in [0.25, 0.3) is 11.6 Å². The number of benzene rings is 1. The van der Waals surface area contributed by atoms with Gasteiger partial charge in [0.15, 0.2) is 0 Å². The molecule has 1 atom stereocenters. The Morgan fingerprint density at radius 3 is 2.50 bits per heavy atom. The van der Waals surface area contributed by atoms with E-state index in [4.69, 9.17) is 28.3 Å². The second-order valence-electron chi connectivity index (χ2n) is 3.82. The standard InChI is InChI=1S/C11H10Cl2N2O5/c1-2-8(11(17)18)14-10(16)6-3-5(15(19)20)4-7(12)9(6)13/h3-4,8H,2H2,1H3,(H,14,16)(H,17,18)/t8-/m1/s1. The summed E-state index contributed by atoms with van der Waals surface area (Å²) in [5, 5.41) is 21.4. The number of halogens is 2. The predicted molar refractivity (Wildman–Crippen MR) is 72.3 cm³/mol. The minimum atomic E-state index is -1.21. The molecule has 1 rings (SSSR count). The number of carbonyl (C=O) groups excluding carboxylic acids is 1.